The lowest BCUT2D eigenvalue weighted by Crippen LogP contribution is -2.31. The number of ether oxygens (including phenoxy) is 1. The van der Waals surface area contributed by atoms with Crippen molar-refractivity contribution in [1.29, 1.82) is 0 Å². The number of amides is 2. The van der Waals surface area contributed by atoms with E-state index in [2.05, 4.69) is 4.74 Å². The molecule has 2 amide bonds. The molecule has 5 heteroatoms. The summed E-state index contributed by atoms with van der Waals surface area (Å²) in [5, 5.41) is 0.551. The summed E-state index contributed by atoms with van der Waals surface area (Å²) in [6.45, 7) is 0.568. The predicted octanol–water partition coefficient (Wildman–Crippen LogP) is 1.93. The summed E-state index contributed by atoms with van der Waals surface area (Å²) < 4.78 is 4.67. The first-order valence-corrected chi connectivity index (χ1v) is 4.80. The number of halogens is 1. The van der Waals surface area contributed by atoms with Crippen LogP contribution < -0.4 is 0 Å². The van der Waals surface area contributed by atoms with Crippen LogP contribution in [-0.2, 0) is 4.74 Å². The number of hydrogen-bond donors (Lipinski definition) is 0. The summed E-state index contributed by atoms with van der Waals surface area (Å²) in [7, 11) is 0. The van der Waals surface area contributed by atoms with Crippen LogP contribution in [0.25, 0.3) is 0 Å². The van der Waals surface area contributed by atoms with Crippen LogP contribution in [-0.4, -0.2) is 30.1 Å². The molecular weight excluding hydrogens is 218 g/mol. The van der Waals surface area contributed by atoms with Crippen LogP contribution >= 0.6 is 11.6 Å². The Balaban J connectivity index is 2.20. The smallest absolute Gasteiger partial charge is 0.416 e. The van der Waals surface area contributed by atoms with Crippen LogP contribution in [0.15, 0.2) is 24.3 Å². The van der Waals surface area contributed by atoms with Gasteiger partial charge in [0.15, 0.2) is 0 Å². The largest absolute Gasteiger partial charge is 0.447 e. The third kappa shape index (κ3) is 1.94. The Morgan fingerprint density at radius 1 is 1.33 bits per heavy atom. The number of cyclic esters (lactones) is 1. The van der Waals surface area contributed by atoms with Crippen molar-refractivity contribution in [1.82, 2.24) is 4.90 Å². The Bertz CT molecular complexity index is 402. The summed E-state index contributed by atoms with van der Waals surface area (Å²) in [6, 6.07) is 6.37. The molecule has 4 nitrogen and oxygen atoms in total. The first-order valence-electron chi connectivity index (χ1n) is 4.42. The standard InChI is InChI=1S/C10H8ClNO3/c11-8-3-1-7(2-4-8)9(13)12-5-6-15-10(12)14/h1-4H,5-6H2. The van der Waals surface area contributed by atoms with Crippen molar-refractivity contribution in [2.45, 2.75) is 0 Å². The van der Waals surface area contributed by atoms with Gasteiger partial charge in [0, 0.05) is 10.6 Å². The highest BCUT2D eigenvalue weighted by molar-refractivity contribution is 6.30. The molecule has 2 rings (SSSR count). The molecule has 1 aliphatic rings. The molecule has 15 heavy (non-hydrogen) atoms. The maximum Gasteiger partial charge on any atom is 0.416 e. The van der Waals surface area contributed by atoms with Crippen LogP contribution in [0, 0.1) is 0 Å². The molecule has 0 saturated carbocycles. The Morgan fingerprint density at radius 2 is 2.00 bits per heavy atom. The Hall–Kier alpha value is -1.55. The highest BCUT2D eigenvalue weighted by Gasteiger charge is 2.28. The van der Waals surface area contributed by atoms with Gasteiger partial charge in [0.2, 0.25) is 0 Å². The summed E-state index contributed by atoms with van der Waals surface area (Å²) in [5.41, 5.74) is 0.429. The van der Waals surface area contributed by atoms with Gasteiger partial charge < -0.3 is 4.74 Å². The summed E-state index contributed by atoms with van der Waals surface area (Å²) in [4.78, 5) is 23.9. The molecule has 0 bridgehead atoms. The zero-order valence-electron chi connectivity index (χ0n) is 7.77. The van der Waals surface area contributed by atoms with Gasteiger partial charge in [-0.3, -0.25) is 4.79 Å². The molecule has 0 N–H and O–H groups in total. The molecule has 1 saturated heterocycles. The molecule has 1 fully saturated rings. The zero-order valence-corrected chi connectivity index (χ0v) is 8.53. The van der Waals surface area contributed by atoms with E-state index in [1.165, 1.54) is 0 Å². The van der Waals surface area contributed by atoms with Gasteiger partial charge in [-0.25, -0.2) is 9.69 Å². The normalized spacial score (nSPS) is 15.3. The molecule has 78 valence electrons. The Morgan fingerprint density at radius 3 is 2.53 bits per heavy atom. The molecule has 1 heterocycles. The van der Waals surface area contributed by atoms with Crippen molar-refractivity contribution in [2.24, 2.45) is 0 Å². The van der Waals surface area contributed by atoms with Crippen LogP contribution in [0.4, 0.5) is 4.79 Å². The van der Waals surface area contributed by atoms with Crippen LogP contribution in [0.5, 0.6) is 0 Å². The second kappa shape index (κ2) is 3.90. The molecule has 0 unspecified atom stereocenters. The van der Waals surface area contributed by atoms with E-state index < -0.39 is 6.09 Å². The molecule has 0 radical (unpaired) electrons. The number of benzene rings is 1. The molecule has 1 aromatic rings. The van der Waals surface area contributed by atoms with Gasteiger partial charge in [0.25, 0.3) is 5.91 Å². The van der Waals surface area contributed by atoms with Crippen LogP contribution in [0.3, 0.4) is 0 Å². The minimum absolute atomic E-state index is 0.262. The van der Waals surface area contributed by atoms with Crippen LogP contribution in [0.1, 0.15) is 10.4 Å². The lowest BCUT2D eigenvalue weighted by molar-refractivity contribution is 0.0810. The van der Waals surface area contributed by atoms with Gasteiger partial charge >= 0.3 is 6.09 Å². The second-order valence-electron chi connectivity index (χ2n) is 3.08. The molecule has 1 aliphatic heterocycles. The van der Waals surface area contributed by atoms with E-state index in [1.807, 2.05) is 0 Å². The summed E-state index contributed by atoms with van der Waals surface area (Å²) in [5.74, 6) is -0.353. The lowest BCUT2D eigenvalue weighted by Gasteiger charge is -2.10. The number of rotatable bonds is 1. The summed E-state index contributed by atoms with van der Waals surface area (Å²) in [6.07, 6.45) is -0.588. The number of carbonyl (C=O) groups excluding carboxylic acids is 2. The fourth-order valence-electron chi connectivity index (χ4n) is 1.33. The molecule has 0 aliphatic carbocycles. The number of carbonyl (C=O) groups is 2. The quantitative estimate of drug-likeness (QED) is 0.734. The van der Waals surface area contributed by atoms with Gasteiger partial charge in [0.05, 0.1) is 6.54 Å². The van der Waals surface area contributed by atoms with Crippen molar-refractivity contribution in [3.8, 4) is 0 Å². The number of nitrogens with zero attached hydrogens (tertiary/aromatic N) is 1. The van der Waals surface area contributed by atoms with Crippen molar-refractivity contribution in [3.63, 3.8) is 0 Å². The van der Waals surface area contributed by atoms with Gasteiger partial charge in [-0.2, -0.15) is 0 Å². The van der Waals surface area contributed by atoms with E-state index in [-0.39, 0.29) is 12.5 Å². The minimum Gasteiger partial charge on any atom is -0.447 e. The highest BCUT2D eigenvalue weighted by Crippen LogP contribution is 2.13. The average molecular weight is 226 g/mol. The predicted molar refractivity (Wildman–Crippen MR) is 53.8 cm³/mol. The van der Waals surface area contributed by atoms with E-state index in [0.717, 1.165) is 4.90 Å². The summed E-state index contributed by atoms with van der Waals surface area (Å²) >= 11 is 5.69. The highest BCUT2D eigenvalue weighted by atomic mass is 35.5. The maximum absolute atomic E-state index is 11.8. The SMILES string of the molecule is O=C1OCCN1C(=O)c1ccc(Cl)cc1. The minimum atomic E-state index is -0.588. The van der Waals surface area contributed by atoms with Crippen LogP contribution in [0.2, 0.25) is 5.02 Å². The van der Waals surface area contributed by atoms with Gasteiger partial charge in [0.1, 0.15) is 6.61 Å². The third-order valence-electron chi connectivity index (χ3n) is 2.10. The van der Waals surface area contributed by atoms with E-state index in [9.17, 15) is 9.59 Å². The first-order chi connectivity index (χ1) is 7.18. The monoisotopic (exact) mass is 225 g/mol. The average Bonchev–Trinajstić information content (AvgIpc) is 2.65. The molecule has 0 atom stereocenters. The van der Waals surface area contributed by atoms with Crippen molar-refractivity contribution in [2.75, 3.05) is 13.2 Å². The molecule has 0 spiro atoms. The van der Waals surface area contributed by atoms with Crippen molar-refractivity contribution >= 4 is 23.6 Å². The van der Waals surface area contributed by atoms with Crippen molar-refractivity contribution in [3.05, 3.63) is 34.9 Å². The van der Waals surface area contributed by atoms with Gasteiger partial charge in [-0.15, -0.1) is 0 Å². The van der Waals surface area contributed by atoms with Gasteiger partial charge in [-0.05, 0) is 24.3 Å². The zero-order chi connectivity index (χ0) is 10.8. The van der Waals surface area contributed by atoms with E-state index in [4.69, 9.17) is 11.6 Å². The Labute approximate surface area is 91.4 Å². The third-order valence-corrected chi connectivity index (χ3v) is 2.35. The number of imide groups is 1. The van der Waals surface area contributed by atoms with Gasteiger partial charge in [-0.1, -0.05) is 11.6 Å². The maximum atomic E-state index is 11.8. The van der Waals surface area contributed by atoms with Crippen molar-refractivity contribution < 1.29 is 14.3 Å². The van der Waals surface area contributed by atoms with E-state index >= 15 is 0 Å². The molecular formula is C10H8ClNO3. The van der Waals surface area contributed by atoms with E-state index in [0.29, 0.717) is 17.1 Å². The molecule has 0 aromatic heterocycles. The molecule has 1 aromatic carbocycles. The fourth-order valence-corrected chi connectivity index (χ4v) is 1.45. The second-order valence-corrected chi connectivity index (χ2v) is 3.51. The van der Waals surface area contributed by atoms with E-state index in [1.54, 1.807) is 24.3 Å². The number of hydrogen-bond acceptors (Lipinski definition) is 3. The Kier molecular flexibility index (Phi) is 2.60. The first kappa shape index (κ1) is 9.98. The topological polar surface area (TPSA) is 46.6 Å². The fraction of sp³-hybridized carbons (Fsp3) is 0.200. The lowest BCUT2D eigenvalue weighted by atomic mass is 10.2.